The van der Waals surface area contributed by atoms with Gasteiger partial charge in [-0.15, -0.1) is 0 Å². The van der Waals surface area contributed by atoms with E-state index in [1.807, 2.05) is 153 Å². The van der Waals surface area contributed by atoms with Gasteiger partial charge in [-0.2, -0.15) is 0 Å². The van der Waals surface area contributed by atoms with Crippen LogP contribution in [0.5, 0.6) is 0 Å². The molecule has 3 heterocycles. The number of ether oxygens (including phenoxy) is 6. The molecule has 67 heavy (non-hydrogen) atoms. The van der Waals surface area contributed by atoms with Crippen molar-refractivity contribution in [3.05, 3.63) is 191 Å². The molecule has 2 saturated heterocycles. The summed E-state index contributed by atoms with van der Waals surface area (Å²) in [6, 6.07) is 47.4. The fraction of sp³-hybridized carbons (Fsp3) is 0.327. The molecule has 2 aliphatic rings. The Kier molecular flexibility index (Phi) is 16.2. The largest absolute Gasteiger partial charge is 0.457 e. The number of carbonyl (C=O) groups is 3. The van der Waals surface area contributed by atoms with Gasteiger partial charge in [0.05, 0.1) is 25.9 Å². The summed E-state index contributed by atoms with van der Waals surface area (Å²) in [5.74, 6) is -1.90. The van der Waals surface area contributed by atoms with E-state index in [2.05, 4.69) is 0 Å². The lowest BCUT2D eigenvalue weighted by Gasteiger charge is -2.45. The average molecular weight is 908 g/mol. The summed E-state index contributed by atoms with van der Waals surface area (Å²) in [6.45, 7) is 2.42. The fourth-order valence-corrected chi connectivity index (χ4v) is 8.81. The van der Waals surface area contributed by atoms with E-state index in [4.69, 9.17) is 32.8 Å². The molecule has 1 aromatic heterocycles. The molecule has 0 aliphatic carbocycles. The van der Waals surface area contributed by atoms with Crippen molar-refractivity contribution in [1.29, 1.82) is 0 Å². The van der Waals surface area contributed by atoms with Crippen LogP contribution < -0.4 is 0 Å². The lowest BCUT2D eigenvalue weighted by Crippen LogP contribution is -2.61. The molecule has 8 rings (SSSR count). The second-order valence-electron chi connectivity index (χ2n) is 17.0. The monoisotopic (exact) mass is 907 g/mol. The normalized spacial score (nSPS) is 20.9. The predicted octanol–water partition coefficient (Wildman–Crippen LogP) is 8.74. The van der Waals surface area contributed by atoms with Gasteiger partial charge in [0.2, 0.25) is 11.7 Å². The Hall–Kier alpha value is -6.25. The summed E-state index contributed by atoms with van der Waals surface area (Å²) >= 11 is 0. The van der Waals surface area contributed by atoms with Crippen LogP contribution in [-0.2, 0) is 65.7 Å². The average Bonchev–Trinajstić information content (AvgIpc) is 3.96. The maximum Gasteiger partial charge on any atom is 0.417 e. The number of amides is 2. The van der Waals surface area contributed by atoms with Gasteiger partial charge >= 0.3 is 6.09 Å². The number of carbonyl (C=O) groups excluding carboxylic acids is 3. The third-order valence-corrected chi connectivity index (χ3v) is 12.2. The van der Waals surface area contributed by atoms with Gasteiger partial charge in [-0.25, -0.2) is 9.69 Å². The first-order chi connectivity index (χ1) is 32.8. The molecular weight excluding hydrogens is 851 g/mol. The van der Waals surface area contributed by atoms with Gasteiger partial charge < -0.3 is 37.9 Å². The number of rotatable bonds is 21. The number of methoxy groups -OCH3 is 1. The Morgan fingerprint density at radius 1 is 0.731 bits per heavy atom. The third kappa shape index (κ3) is 11.8. The number of aliphatic hydroxyl groups is 1. The molecule has 1 N–H and O–H groups in total. The number of hydrogen-bond donors (Lipinski definition) is 1. The molecule has 2 amide bonds. The Balaban J connectivity index is 1.04. The Morgan fingerprint density at radius 3 is 1.96 bits per heavy atom. The number of aryl methyl sites for hydroxylation is 2. The van der Waals surface area contributed by atoms with E-state index >= 15 is 0 Å². The number of hydrogen-bond acceptors (Lipinski definition) is 11. The van der Waals surface area contributed by atoms with Gasteiger partial charge in [0.15, 0.2) is 12.1 Å². The lowest BCUT2D eigenvalue weighted by molar-refractivity contribution is -0.319. The van der Waals surface area contributed by atoms with Gasteiger partial charge in [0.1, 0.15) is 42.7 Å². The van der Waals surface area contributed by atoms with Gasteiger partial charge in [-0.1, -0.05) is 151 Å². The van der Waals surface area contributed by atoms with E-state index in [0.717, 1.165) is 38.3 Å². The molecule has 0 bridgehead atoms. The van der Waals surface area contributed by atoms with Crippen molar-refractivity contribution >= 4 is 17.8 Å². The second kappa shape index (κ2) is 23.0. The highest BCUT2D eigenvalue weighted by molar-refractivity contribution is 6.12. The van der Waals surface area contributed by atoms with Crippen LogP contribution in [0.2, 0.25) is 0 Å². The number of nitrogens with zero attached hydrogens (tertiary/aromatic N) is 1. The van der Waals surface area contributed by atoms with Gasteiger partial charge in [0.25, 0.3) is 0 Å². The van der Waals surface area contributed by atoms with Crippen LogP contribution in [0, 0.1) is 12.8 Å². The number of aliphatic hydroxyl groups excluding tert-OH is 1. The van der Waals surface area contributed by atoms with E-state index < -0.39 is 60.4 Å². The first-order valence-corrected chi connectivity index (χ1v) is 22.8. The minimum absolute atomic E-state index is 0.0110. The van der Waals surface area contributed by atoms with E-state index in [9.17, 15) is 19.5 Å². The highest BCUT2D eigenvalue weighted by atomic mass is 16.7. The number of benzene rings is 5. The predicted molar refractivity (Wildman–Crippen MR) is 250 cm³/mol. The van der Waals surface area contributed by atoms with Crippen LogP contribution in [0.1, 0.15) is 50.6 Å². The summed E-state index contributed by atoms with van der Waals surface area (Å²) in [5.41, 5.74) is 6.18. The van der Waals surface area contributed by atoms with E-state index in [0.29, 0.717) is 30.6 Å². The van der Waals surface area contributed by atoms with Crippen molar-refractivity contribution in [3.63, 3.8) is 0 Å². The molecular formula is C55H57NO11. The highest BCUT2D eigenvalue weighted by Crippen LogP contribution is 2.34. The zero-order valence-corrected chi connectivity index (χ0v) is 37.8. The van der Waals surface area contributed by atoms with Crippen LogP contribution in [-0.4, -0.2) is 91.5 Å². The van der Waals surface area contributed by atoms with Crippen molar-refractivity contribution in [1.82, 2.24) is 4.90 Å². The molecule has 0 unspecified atom stereocenters. The van der Waals surface area contributed by atoms with E-state index in [1.54, 1.807) is 6.07 Å². The molecule has 2 aliphatic heterocycles. The fourth-order valence-electron chi connectivity index (χ4n) is 8.81. The Labute approximate surface area is 391 Å². The van der Waals surface area contributed by atoms with Crippen LogP contribution >= 0.6 is 0 Å². The molecule has 0 saturated carbocycles. The number of furan rings is 1. The molecule has 6 aromatic rings. The van der Waals surface area contributed by atoms with Gasteiger partial charge in [0, 0.05) is 25.7 Å². The molecule has 0 spiro atoms. The summed E-state index contributed by atoms with van der Waals surface area (Å²) in [4.78, 5) is 43.8. The zero-order chi connectivity index (χ0) is 46.5. The first-order valence-electron chi connectivity index (χ1n) is 22.8. The van der Waals surface area contributed by atoms with Crippen molar-refractivity contribution in [2.24, 2.45) is 5.92 Å². The van der Waals surface area contributed by atoms with Crippen molar-refractivity contribution in [3.8, 4) is 11.1 Å². The molecule has 2 fully saturated rings. The second-order valence-corrected chi connectivity index (χ2v) is 17.0. The maximum absolute atomic E-state index is 14.8. The lowest BCUT2D eigenvalue weighted by atomic mass is 9.91. The summed E-state index contributed by atoms with van der Waals surface area (Å²) in [7, 11) is 1.52. The van der Waals surface area contributed by atoms with Crippen molar-refractivity contribution in [2.45, 2.75) is 82.6 Å². The molecule has 0 radical (unpaired) electrons. The van der Waals surface area contributed by atoms with Crippen LogP contribution in [0.15, 0.2) is 156 Å². The zero-order valence-electron chi connectivity index (χ0n) is 37.8. The van der Waals surface area contributed by atoms with Crippen LogP contribution in [0.25, 0.3) is 11.1 Å². The van der Waals surface area contributed by atoms with E-state index in [1.165, 1.54) is 7.11 Å². The van der Waals surface area contributed by atoms with E-state index in [-0.39, 0.29) is 45.2 Å². The highest BCUT2D eigenvalue weighted by Gasteiger charge is 2.49. The van der Waals surface area contributed by atoms with Crippen molar-refractivity contribution in [2.75, 3.05) is 26.9 Å². The summed E-state index contributed by atoms with van der Waals surface area (Å²) in [5, 5.41) is 10.5. The molecule has 12 nitrogen and oxygen atoms in total. The van der Waals surface area contributed by atoms with Gasteiger partial charge in [-0.05, 0) is 60.1 Å². The standard InChI is InChI=1S/C55H57NO11/c1-37-17-15-26-42(29-37)44-32-47(49(58)45(31-39-20-9-4-10-21-39)53(59)56-43(36-65-55(56)60)30-38-18-7-3-8-19-38)66-46(44)27-16-28-62-52-51(64-35-41-24-13-6-14-25-41)50(48(33-57)67-54(52)61-2)63-34-40-22-11-5-12-23-40/h3-15,17-26,29,32,43,45,48,50-52,54,57H,16,27-28,30-31,33-36H2,1-2H3/t43-,45-,48+,50+,51-,52-,54-/m0/s1. The van der Waals surface area contributed by atoms with Crippen LogP contribution in [0.3, 0.4) is 0 Å². The SMILES string of the molecule is CO[C@H]1O[C@H](CO)[C@@H](OCc2ccccc2)[C@H](OCc2ccccc2)[C@@H]1OCCCc1oc(C(=O)[C@H](Cc2ccccc2)C(=O)N2C(=O)OC[C@@H]2Cc2ccccc2)cc1-c1cccc(C)c1. The summed E-state index contributed by atoms with van der Waals surface area (Å²) in [6.07, 6.45) is -3.33. The quantitative estimate of drug-likeness (QED) is 0.0421. The molecule has 5 aromatic carbocycles. The van der Waals surface area contributed by atoms with Crippen molar-refractivity contribution < 1.29 is 52.3 Å². The van der Waals surface area contributed by atoms with Crippen LogP contribution in [0.4, 0.5) is 4.79 Å². The Bertz CT molecular complexity index is 2520. The number of ketones is 1. The summed E-state index contributed by atoms with van der Waals surface area (Å²) < 4.78 is 43.7. The van der Waals surface area contributed by atoms with Gasteiger partial charge in [-0.3, -0.25) is 9.59 Å². The molecule has 12 heteroatoms. The minimum Gasteiger partial charge on any atom is -0.457 e. The Morgan fingerprint density at radius 2 is 1.34 bits per heavy atom. The smallest absolute Gasteiger partial charge is 0.417 e. The number of Topliss-reactive ketones (excluding diaryl/α,β-unsaturated/α-hetero) is 1. The minimum atomic E-state index is -1.27. The third-order valence-electron chi connectivity index (χ3n) is 12.2. The number of imide groups is 1. The molecule has 348 valence electrons. The first kappa shape index (κ1) is 47.3. The maximum atomic E-state index is 14.8. The topological polar surface area (TPSA) is 143 Å². The molecule has 7 atom stereocenters. The number of cyclic esters (lactones) is 1.